The van der Waals surface area contributed by atoms with E-state index in [4.69, 9.17) is 14.6 Å². The van der Waals surface area contributed by atoms with Crippen LogP contribution in [0.2, 0.25) is 0 Å². The van der Waals surface area contributed by atoms with Crippen LogP contribution in [0.5, 0.6) is 5.75 Å². The number of hydrogen-bond acceptors (Lipinski definition) is 4. The summed E-state index contributed by atoms with van der Waals surface area (Å²) in [4.78, 5) is 13.0. The second-order valence-corrected chi connectivity index (χ2v) is 5.52. The van der Waals surface area contributed by atoms with Crippen molar-refractivity contribution in [3.63, 3.8) is 0 Å². The zero-order valence-corrected chi connectivity index (χ0v) is 11.6. The van der Waals surface area contributed by atoms with Gasteiger partial charge in [-0.3, -0.25) is 9.69 Å². The molecule has 0 aromatic heterocycles. The topological polar surface area (TPSA) is 59.0 Å². The average Bonchev–Trinajstić information content (AvgIpc) is 2.82. The molecule has 0 saturated carbocycles. The van der Waals surface area contributed by atoms with Crippen molar-refractivity contribution in [3.05, 3.63) is 29.6 Å². The van der Waals surface area contributed by atoms with Gasteiger partial charge in [-0.1, -0.05) is 0 Å². The number of nitrogens with zero attached hydrogens (tertiary/aromatic N) is 1. The van der Waals surface area contributed by atoms with Gasteiger partial charge in [-0.15, -0.1) is 0 Å². The van der Waals surface area contributed by atoms with Crippen LogP contribution in [0.25, 0.3) is 0 Å². The number of benzene rings is 1. The van der Waals surface area contributed by atoms with Crippen LogP contribution in [0.4, 0.5) is 4.39 Å². The van der Waals surface area contributed by atoms with Gasteiger partial charge in [-0.05, 0) is 18.2 Å². The summed E-state index contributed by atoms with van der Waals surface area (Å²) in [6, 6.07) is 4.42. The number of fused-ring (bicyclic) bond motifs is 1. The molecule has 2 atom stereocenters. The van der Waals surface area contributed by atoms with Crippen molar-refractivity contribution >= 4 is 5.97 Å². The van der Waals surface area contributed by atoms with Crippen LogP contribution in [0.15, 0.2) is 18.2 Å². The summed E-state index contributed by atoms with van der Waals surface area (Å²) in [5.74, 6) is -0.356. The lowest BCUT2D eigenvalue weighted by Gasteiger charge is -2.36. The molecule has 114 valence electrons. The molecule has 1 fully saturated rings. The van der Waals surface area contributed by atoms with Gasteiger partial charge in [0.05, 0.1) is 19.6 Å². The van der Waals surface area contributed by atoms with Crippen LogP contribution in [0, 0.1) is 5.82 Å². The molecule has 0 spiro atoms. The van der Waals surface area contributed by atoms with E-state index in [9.17, 15) is 9.18 Å². The summed E-state index contributed by atoms with van der Waals surface area (Å²) in [6.45, 7) is 2.37. The SMILES string of the molecule is O=C(O)CC1COCCN1CC1Cc2cc(F)ccc2O1. The van der Waals surface area contributed by atoms with Gasteiger partial charge in [0.1, 0.15) is 17.7 Å². The van der Waals surface area contributed by atoms with Gasteiger partial charge in [0.2, 0.25) is 0 Å². The highest BCUT2D eigenvalue weighted by Crippen LogP contribution is 2.30. The zero-order valence-electron chi connectivity index (χ0n) is 11.6. The molecular weight excluding hydrogens is 277 g/mol. The molecule has 6 heteroatoms. The van der Waals surface area contributed by atoms with Gasteiger partial charge in [-0.25, -0.2) is 4.39 Å². The number of carbonyl (C=O) groups is 1. The predicted molar refractivity (Wildman–Crippen MR) is 73.0 cm³/mol. The Balaban J connectivity index is 1.62. The van der Waals surface area contributed by atoms with E-state index in [0.717, 1.165) is 11.3 Å². The molecular formula is C15H18FNO4. The minimum absolute atomic E-state index is 0.0591. The fourth-order valence-electron chi connectivity index (χ4n) is 2.97. The summed E-state index contributed by atoms with van der Waals surface area (Å²) >= 11 is 0. The third-order valence-corrected chi connectivity index (χ3v) is 3.96. The molecule has 1 aromatic carbocycles. The summed E-state index contributed by atoms with van der Waals surface area (Å²) < 4.78 is 24.4. The largest absolute Gasteiger partial charge is 0.488 e. The Kier molecular flexibility index (Phi) is 4.07. The number of carboxylic acid groups (broad SMARTS) is 1. The maximum atomic E-state index is 13.2. The summed E-state index contributed by atoms with van der Waals surface area (Å²) in [5, 5.41) is 8.96. The van der Waals surface area contributed by atoms with Crippen LogP contribution in [0.3, 0.4) is 0 Å². The highest BCUT2D eigenvalue weighted by atomic mass is 19.1. The lowest BCUT2D eigenvalue weighted by molar-refractivity contribution is -0.140. The number of ether oxygens (including phenoxy) is 2. The van der Waals surface area contributed by atoms with Crippen molar-refractivity contribution < 1.29 is 23.8 Å². The van der Waals surface area contributed by atoms with E-state index < -0.39 is 5.97 Å². The second kappa shape index (κ2) is 5.99. The van der Waals surface area contributed by atoms with Crippen molar-refractivity contribution in [2.75, 3.05) is 26.3 Å². The van der Waals surface area contributed by atoms with E-state index in [1.165, 1.54) is 12.1 Å². The standard InChI is InChI=1S/C15H18FNO4/c16-11-1-2-14-10(5-11)6-13(21-14)8-17-3-4-20-9-12(17)7-15(18)19/h1-2,5,12-13H,3-4,6-9H2,(H,18,19). The Bertz CT molecular complexity index is 536. The van der Waals surface area contributed by atoms with E-state index in [0.29, 0.717) is 32.7 Å². The van der Waals surface area contributed by atoms with Gasteiger partial charge >= 0.3 is 5.97 Å². The number of carboxylic acids is 1. The van der Waals surface area contributed by atoms with Crippen LogP contribution in [-0.4, -0.2) is 54.4 Å². The zero-order chi connectivity index (χ0) is 14.8. The number of rotatable bonds is 4. The first-order valence-electron chi connectivity index (χ1n) is 7.10. The molecule has 2 unspecified atom stereocenters. The fraction of sp³-hybridized carbons (Fsp3) is 0.533. The molecule has 2 aliphatic rings. The molecule has 0 aliphatic carbocycles. The third kappa shape index (κ3) is 3.33. The molecule has 1 aromatic rings. The van der Waals surface area contributed by atoms with E-state index in [2.05, 4.69) is 4.90 Å². The van der Waals surface area contributed by atoms with Crippen LogP contribution in [0.1, 0.15) is 12.0 Å². The highest BCUT2D eigenvalue weighted by Gasteiger charge is 2.31. The molecule has 2 heterocycles. The van der Waals surface area contributed by atoms with E-state index >= 15 is 0 Å². The quantitative estimate of drug-likeness (QED) is 0.907. The molecule has 21 heavy (non-hydrogen) atoms. The molecule has 1 saturated heterocycles. The Morgan fingerprint density at radius 3 is 3.14 bits per heavy atom. The first-order valence-corrected chi connectivity index (χ1v) is 7.10. The lowest BCUT2D eigenvalue weighted by atomic mass is 10.1. The predicted octanol–water partition coefficient (Wildman–Crippen LogP) is 1.30. The molecule has 3 rings (SSSR count). The maximum Gasteiger partial charge on any atom is 0.305 e. The van der Waals surface area contributed by atoms with Crippen molar-refractivity contribution in [1.29, 1.82) is 0 Å². The molecule has 0 amide bonds. The van der Waals surface area contributed by atoms with Gasteiger partial charge in [0, 0.05) is 31.1 Å². The van der Waals surface area contributed by atoms with Crippen molar-refractivity contribution in [2.24, 2.45) is 0 Å². The van der Waals surface area contributed by atoms with Gasteiger partial charge in [0.15, 0.2) is 0 Å². The normalized spacial score (nSPS) is 25.4. The first-order chi connectivity index (χ1) is 10.1. The van der Waals surface area contributed by atoms with Crippen molar-refractivity contribution in [1.82, 2.24) is 4.90 Å². The first kappa shape index (κ1) is 14.3. The summed E-state index contributed by atoms with van der Waals surface area (Å²) in [7, 11) is 0. The number of hydrogen-bond donors (Lipinski definition) is 1. The summed E-state index contributed by atoms with van der Waals surface area (Å²) in [5.41, 5.74) is 0.878. The van der Waals surface area contributed by atoms with Crippen molar-refractivity contribution in [2.45, 2.75) is 25.0 Å². The fourth-order valence-corrected chi connectivity index (χ4v) is 2.97. The Hall–Kier alpha value is -1.66. The third-order valence-electron chi connectivity index (χ3n) is 3.96. The monoisotopic (exact) mass is 295 g/mol. The average molecular weight is 295 g/mol. The van der Waals surface area contributed by atoms with Gasteiger partial charge in [0.25, 0.3) is 0 Å². The second-order valence-electron chi connectivity index (χ2n) is 5.52. The number of aliphatic carboxylic acids is 1. The minimum atomic E-state index is -0.826. The lowest BCUT2D eigenvalue weighted by Crippen LogP contribution is -2.50. The Morgan fingerprint density at radius 2 is 2.33 bits per heavy atom. The summed E-state index contributed by atoms with van der Waals surface area (Å²) in [6.07, 6.45) is 0.662. The molecule has 5 nitrogen and oxygen atoms in total. The van der Waals surface area contributed by atoms with Crippen LogP contribution < -0.4 is 4.74 Å². The van der Waals surface area contributed by atoms with Crippen LogP contribution in [-0.2, 0) is 16.0 Å². The number of halogens is 1. The van der Waals surface area contributed by atoms with E-state index in [-0.39, 0.29) is 24.4 Å². The van der Waals surface area contributed by atoms with E-state index in [1.807, 2.05) is 0 Å². The molecule has 1 N–H and O–H groups in total. The smallest absolute Gasteiger partial charge is 0.305 e. The van der Waals surface area contributed by atoms with Crippen LogP contribution >= 0.6 is 0 Å². The van der Waals surface area contributed by atoms with Crippen molar-refractivity contribution in [3.8, 4) is 5.75 Å². The molecule has 2 aliphatic heterocycles. The van der Waals surface area contributed by atoms with Gasteiger partial charge < -0.3 is 14.6 Å². The minimum Gasteiger partial charge on any atom is -0.488 e. The highest BCUT2D eigenvalue weighted by molar-refractivity contribution is 5.67. The molecule has 0 radical (unpaired) electrons. The molecule has 0 bridgehead atoms. The Morgan fingerprint density at radius 1 is 1.48 bits per heavy atom. The number of morpholine rings is 1. The Labute approximate surface area is 122 Å². The van der Waals surface area contributed by atoms with E-state index in [1.54, 1.807) is 6.07 Å². The maximum absolute atomic E-state index is 13.2. The van der Waals surface area contributed by atoms with Gasteiger partial charge in [-0.2, -0.15) is 0 Å².